The Morgan fingerprint density at radius 2 is 2.09 bits per heavy atom. The Morgan fingerprint density at radius 3 is 2.45 bits per heavy atom. The minimum absolute atomic E-state index is 0. The molecule has 11 heavy (non-hydrogen) atoms. The second-order valence-electron chi connectivity index (χ2n) is 2.29. The fraction of sp³-hybridized carbons (Fsp3) is 0.250. The van der Waals surface area contributed by atoms with Crippen LogP contribution in [0.25, 0.3) is 0 Å². The van der Waals surface area contributed by atoms with Crippen molar-refractivity contribution in [1.82, 2.24) is 0 Å². The summed E-state index contributed by atoms with van der Waals surface area (Å²) in [5, 5.41) is 2.07. The Hall–Kier alpha value is 0.613. The van der Waals surface area contributed by atoms with Crippen LogP contribution in [0.3, 0.4) is 0 Å². The molecule has 0 aliphatic heterocycles. The fourth-order valence-corrected chi connectivity index (χ4v) is 3.02. The van der Waals surface area contributed by atoms with Gasteiger partial charge < -0.3 is 17.0 Å². The van der Waals surface area contributed by atoms with Crippen LogP contribution in [-0.4, -0.2) is 0 Å². The molecule has 0 atom stereocenters. The molecular weight excluding hydrogens is 277 g/mol. The minimum atomic E-state index is 0. The van der Waals surface area contributed by atoms with E-state index in [1.165, 1.54) is 29.4 Å². The van der Waals surface area contributed by atoms with E-state index in [9.17, 15) is 0 Å². The van der Waals surface area contributed by atoms with Crippen LogP contribution in [0.4, 0.5) is 0 Å². The number of rotatable bonds is 1. The van der Waals surface area contributed by atoms with Gasteiger partial charge in [-0.05, 0) is 0 Å². The Labute approximate surface area is 92.8 Å². The maximum Gasteiger partial charge on any atom is -1.00 e. The molecule has 1 aromatic carbocycles. The van der Waals surface area contributed by atoms with Gasteiger partial charge in [0.1, 0.15) is 0 Å². The maximum absolute atomic E-state index is 5.95. The van der Waals surface area contributed by atoms with Crippen molar-refractivity contribution in [3.8, 4) is 0 Å². The average molecular weight is 285 g/mol. The molecule has 0 heterocycles. The summed E-state index contributed by atoms with van der Waals surface area (Å²) in [4.78, 5) is 0. The Bertz CT molecular complexity index is 217. The molecule has 3 heteroatoms. The zero-order valence-electron chi connectivity index (χ0n) is 6.40. The van der Waals surface area contributed by atoms with Gasteiger partial charge in [-0.15, -0.1) is 0 Å². The Kier molecular flexibility index (Phi) is 5.59. The molecule has 0 amide bonds. The molecule has 0 aromatic heterocycles. The summed E-state index contributed by atoms with van der Waals surface area (Å²) in [6.07, 6.45) is 0. The normalized spacial score (nSPS) is 9.09. The van der Waals surface area contributed by atoms with Crippen LogP contribution in [0.5, 0.6) is 0 Å². The first-order valence-corrected chi connectivity index (χ1v) is 5.76. The molecule has 1 aromatic rings. The van der Waals surface area contributed by atoms with Gasteiger partial charge in [0.05, 0.1) is 0 Å². The van der Waals surface area contributed by atoms with Crippen molar-refractivity contribution >= 4 is 11.6 Å². The van der Waals surface area contributed by atoms with E-state index >= 15 is 0 Å². The van der Waals surface area contributed by atoms with Crippen molar-refractivity contribution in [1.29, 1.82) is 0 Å². The summed E-state index contributed by atoms with van der Waals surface area (Å²) >= 11 is 7.23. The van der Waals surface area contributed by atoms with Crippen molar-refractivity contribution in [3.05, 3.63) is 34.3 Å². The number of hydrogen-bond donors (Lipinski definition) is 0. The maximum atomic E-state index is 5.95. The molecule has 0 spiro atoms. The Morgan fingerprint density at radius 1 is 1.45 bits per heavy atom. The molecule has 56 valence electrons. The second-order valence-corrected chi connectivity index (χ2v) is 3.74. The van der Waals surface area contributed by atoms with E-state index in [2.05, 4.69) is 13.0 Å². The zero-order valence-corrected chi connectivity index (χ0v) is 11.7. The first-order chi connectivity index (χ1) is 4.75. The van der Waals surface area contributed by atoms with Crippen LogP contribution in [0.1, 0.15) is 11.1 Å². The van der Waals surface area contributed by atoms with Gasteiger partial charge >= 0.3 is 76.2 Å². The van der Waals surface area contributed by atoms with Crippen LogP contribution in [0.15, 0.2) is 18.2 Å². The summed E-state index contributed by atoms with van der Waals surface area (Å²) < 4.78 is 0. The van der Waals surface area contributed by atoms with Crippen molar-refractivity contribution in [2.24, 2.45) is 0 Å². The average Bonchev–Trinajstić information content (AvgIpc) is 1.88. The zero-order chi connectivity index (χ0) is 7.56. The molecule has 0 aliphatic carbocycles. The summed E-state index contributed by atoms with van der Waals surface area (Å²) in [6.45, 7) is 2.11. The molecule has 0 saturated carbocycles. The molecule has 0 bridgehead atoms. The standard InChI is InChI=1S/C8H8Cl.BrH.Zn/c1-6-4-3-5-8(9)7(6)2;;/h3-5H,2H2,1H3;1H;/q;;+1/p-1. The molecule has 0 nitrogen and oxygen atoms in total. The minimum Gasteiger partial charge on any atom is -1.00 e. The van der Waals surface area contributed by atoms with Crippen molar-refractivity contribution in [2.75, 3.05) is 0 Å². The van der Waals surface area contributed by atoms with E-state index in [1.54, 1.807) is 0 Å². The third-order valence-corrected chi connectivity index (χ3v) is 3.01. The molecule has 0 fully saturated rings. The SMILES string of the molecule is Cc1cccc(Cl)c1[CH2][Zn+].[Br-]. The van der Waals surface area contributed by atoms with Crippen molar-refractivity contribution < 1.29 is 35.3 Å². The smallest absolute Gasteiger partial charge is 1.00 e. The van der Waals surface area contributed by atoms with Gasteiger partial charge in [0.25, 0.3) is 0 Å². The van der Waals surface area contributed by atoms with Crippen molar-refractivity contribution in [3.63, 3.8) is 0 Å². The molecule has 1 rings (SSSR count). The topological polar surface area (TPSA) is 0 Å². The quantitative estimate of drug-likeness (QED) is 0.621. The molecular formula is C8H8BrClZn. The van der Waals surface area contributed by atoms with Gasteiger partial charge in [-0.2, -0.15) is 0 Å². The second kappa shape index (κ2) is 5.29. The van der Waals surface area contributed by atoms with E-state index in [4.69, 9.17) is 11.6 Å². The molecule has 0 aliphatic rings. The molecule has 0 saturated heterocycles. The number of halogens is 2. The van der Waals surface area contributed by atoms with Gasteiger partial charge in [0.2, 0.25) is 0 Å². The number of benzene rings is 1. The first-order valence-electron chi connectivity index (χ1n) is 3.29. The predicted octanol–water partition coefficient (Wildman–Crippen LogP) is -0.301. The van der Waals surface area contributed by atoms with E-state index in [1.807, 2.05) is 12.1 Å². The summed E-state index contributed by atoms with van der Waals surface area (Å²) in [7, 11) is 0. The van der Waals surface area contributed by atoms with Crippen LogP contribution in [-0.2, 0) is 23.3 Å². The summed E-state index contributed by atoms with van der Waals surface area (Å²) in [6, 6.07) is 6.06. The van der Waals surface area contributed by atoms with Crippen LogP contribution < -0.4 is 17.0 Å². The van der Waals surface area contributed by atoms with Gasteiger partial charge in [-0.1, -0.05) is 0 Å². The number of aryl methyl sites for hydroxylation is 1. The van der Waals surface area contributed by atoms with Gasteiger partial charge in [-0.3, -0.25) is 0 Å². The predicted molar refractivity (Wildman–Crippen MR) is 39.9 cm³/mol. The van der Waals surface area contributed by atoms with E-state index in [0.717, 1.165) is 10.0 Å². The first kappa shape index (κ1) is 11.6. The molecule has 0 radical (unpaired) electrons. The summed E-state index contributed by atoms with van der Waals surface area (Å²) in [5.41, 5.74) is 2.64. The van der Waals surface area contributed by atoms with Gasteiger partial charge in [0, 0.05) is 0 Å². The third-order valence-electron chi connectivity index (χ3n) is 1.60. The van der Waals surface area contributed by atoms with Crippen LogP contribution >= 0.6 is 11.6 Å². The monoisotopic (exact) mass is 282 g/mol. The Balaban J connectivity index is 0.000001000. The molecule has 0 N–H and O–H groups in total. The molecule has 0 unspecified atom stereocenters. The van der Waals surface area contributed by atoms with E-state index in [-0.39, 0.29) is 17.0 Å². The fourth-order valence-electron chi connectivity index (χ4n) is 0.983. The summed E-state index contributed by atoms with van der Waals surface area (Å²) in [5.74, 6) is 0. The third kappa shape index (κ3) is 2.85. The van der Waals surface area contributed by atoms with Crippen LogP contribution in [0, 0.1) is 6.92 Å². The van der Waals surface area contributed by atoms with Gasteiger partial charge in [0.15, 0.2) is 0 Å². The van der Waals surface area contributed by atoms with E-state index < -0.39 is 0 Å². The van der Waals surface area contributed by atoms with E-state index in [0.29, 0.717) is 0 Å². The number of hydrogen-bond acceptors (Lipinski definition) is 0. The largest absolute Gasteiger partial charge is 1.00 e. The van der Waals surface area contributed by atoms with Crippen molar-refractivity contribution in [2.45, 2.75) is 11.9 Å². The van der Waals surface area contributed by atoms with Crippen LogP contribution in [0.2, 0.25) is 5.02 Å². The van der Waals surface area contributed by atoms with Gasteiger partial charge in [-0.25, -0.2) is 0 Å².